The van der Waals surface area contributed by atoms with Crippen LogP contribution in [0.4, 0.5) is 0 Å². The van der Waals surface area contributed by atoms with Crippen molar-refractivity contribution in [2.45, 2.75) is 0 Å². The molecule has 0 aliphatic carbocycles. The molecule has 0 bridgehead atoms. The number of hydrogen-bond donors (Lipinski definition) is 1. The molecule has 1 fully saturated rings. The van der Waals surface area contributed by atoms with Gasteiger partial charge in [-0.2, -0.15) is 0 Å². The number of carbonyl (C=O) groups is 3. The summed E-state index contributed by atoms with van der Waals surface area (Å²) in [7, 11) is 1.25. The zero-order valence-corrected chi connectivity index (χ0v) is 7.65. The van der Waals surface area contributed by atoms with Crippen molar-refractivity contribution < 1.29 is 19.1 Å². The van der Waals surface area contributed by atoms with Gasteiger partial charge in [-0.3, -0.25) is 14.9 Å². The summed E-state index contributed by atoms with van der Waals surface area (Å²) in [5.41, 5.74) is 0. The quantitative estimate of drug-likeness (QED) is 0.336. The maximum atomic E-state index is 10.9. The summed E-state index contributed by atoms with van der Waals surface area (Å²) in [6.07, 6.45) is 2.52. The molecule has 0 aromatic rings. The molecule has 76 valence electrons. The van der Waals surface area contributed by atoms with Crippen molar-refractivity contribution >= 4 is 17.8 Å². The second-order valence-electron chi connectivity index (χ2n) is 2.72. The monoisotopic (exact) mass is 198 g/mol. The molecule has 1 aliphatic rings. The maximum absolute atomic E-state index is 10.9. The fourth-order valence-electron chi connectivity index (χ4n) is 0.999. The van der Waals surface area contributed by atoms with Gasteiger partial charge in [0.05, 0.1) is 20.2 Å². The summed E-state index contributed by atoms with van der Waals surface area (Å²) >= 11 is 0. The predicted molar refractivity (Wildman–Crippen MR) is 45.9 cm³/mol. The molecule has 1 rings (SSSR count). The number of amides is 2. The minimum Gasteiger partial charge on any atom is -0.466 e. The second kappa shape index (κ2) is 4.40. The van der Waals surface area contributed by atoms with Gasteiger partial charge in [-0.05, 0) is 0 Å². The van der Waals surface area contributed by atoms with Gasteiger partial charge in [0.1, 0.15) is 0 Å². The lowest BCUT2D eigenvalue weighted by molar-refractivity contribution is -0.137. The summed E-state index contributed by atoms with van der Waals surface area (Å²) in [6, 6.07) is 0. The summed E-state index contributed by atoms with van der Waals surface area (Å²) < 4.78 is 4.36. The fraction of sp³-hybridized carbons (Fsp3) is 0.375. The Labute approximate surface area is 80.5 Å². The highest BCUT2D eigenvalue weighted by atomic mass is 16.5. The van der Waals surface area contributed by atoms with Crippen LogP contribution < -0.4 is 5.32 Å². The van der Waals surface area contributed by atoms with E-state index in [1.165, 1.54) is 18.2 Å². The number of imide groups is 1. The Bertz CT molecular complexity index is 282. The van der Waals surface area contributed by atoms with Crippen LogP contribution in [0.1, 0.15) is 0 Å². The first-order chi connectivity index (χ1) is 6.61. The molecule has 1 heterocycles. The first-order valence-electron chi connectivity index (χ1n) is 3.94. The normalized spacial score (nSPS) is 17.1. The molecule has 0 aromatic heterocycles. The van der Waals surface area contributed by atoms with Gasteiger partial charge >= 0.3 is 5.97 Å². The number of piperazine rings is 1. The highest BCUT2D eigenvalue weighted by Gasteiger charge is 2.19. The minimum atomic E-state index is -0.525. The van der Waals surface area contributed by atoms with Crippen LogP contribution in [0.2, 0.25) is 0 Å². The van der Waals surface area contributed by atoms with Gasteiger partial charge in [0.2, 0.25) is 11.8 Å². The number of methoxy groups -OCH3 is 1. The van der Waals surface area contributed by atoms with Crippen molar-refractivity contribution in [3.8, 4) is 0 Å². The van der Waals surface area contributed by atoms with E-state index in [4.69, 9.17) is 0 Å². The topological polar surface area (TPSA) is 75.7 Å². The minimum absolute atomic E-state index is 0.0687. The van der Waals surface area contributed by atoms with Crippen molar-refractivity contribution in [2.24, 2.45) is 0 Å². The number of esters is 1. The van der Waals surface area contributed by atoms with Crippen molar-refractivity contribution in [3.05, 3.63) is 12.3 Å². The Hall–Kier alpha value is -1.85. The van der Waals surface area contributed by atoms with Crippen LogP contribution in [0.15, 0.2) is 12.3 Å². The molecule has 6 nitrogen and oxygen atoms in total. The van der Waals surface area contributed by atoms with Gasteiger partial charge in [0.25, 0.3) is 0 Å². The molecule has 14 heavy (non-hydrogen) atoms. The van der Waals surface area contributed by atoms with Crippen LogP contribution in [-0.2, 0) is 19.1 Å². The standard InChI is InChI=1S/C8H10N2O4/c1-14-8(13)2-3-10-4-6(11)9-7(12)5-10/h2-3H,4-5H2,1H3,(H,9,11,12). The Morgan fingerprint density at radius 1 is 1.43 bits per heavy atom. The summed E-state index contributed by atoms with van der Waals surface area (Å²) in [6.45, 7) is 0.137. The third-order valence-corrected chi connectivity index (χ3v) is 1.59. The van der Waals surface area contributed by atoms with Crippen LogP contribution in [0.5, 0.6) is 0 Å². The van der Waals surface area contributed by atoms with E-state index in [0.29, 0.717) is 0 Å². The second-order valence-corrected chi connectivity index (χ2v) is 2.72. The van der Waals surface area contributed by atoms with Crippen LogP contribution in [-0.4, -0.2) is 42.9 Å². The van der Waals surface area contributed by atoms with Crippen molar-refractivity contribution in [3.63, 3.8) is 0 Å². The van der Waals surface area contributed by atoms with E-state index >= 15 is 0 Å². The molecule has 0 spiro atoms. The van der Waals surface area contributed by atoms with E-state index in [9.17, 15) is 14.4 Å². The van der Waals surface area contributed by atoms with Crippen molar-refractivity contribution in [1.29, 1.82) is 0 Å². The van der Waals surface area contributed by atoms with Crippen molar-refractivity contribution in [2.75, 3.05) is 20.2 Å². The largest absolute Gasteiger partial charge is 0.466 e. The average molecular weight is 198 g/mol. The first kappa shape index (κ1) is 10.2. The highest BCUT2D eigenvalue weighted by Crippen LogP contribution is 1.95. The zero-order valence-electron chi connectivity index (χ0n) is 7.65. The number of nitrogens with zero attached hydrogens (tertiary/aromatic N) is 1. The van der Waals surface area contributed by atoms with E-state index in [2.05, 4.69) is 10.1 Å². The van der Waals surface area contributed by atoms with Crippen LogP contribution >= 0.6 is 0 Å². The Kier molecular flexibility index (Phi) is 3.22. The van der Waals surface area contributed by atoms with E-state index in [-0.39, 0.29) is 24.9 Å². The van der Waals surface area contributed by atoms with Gasteiger partial charge in [0.15, 0.2) is 0 Å². The third kappa shape index (κ3) is 2.89. The van der Waals surface area contributed by atoms with Gasteiger partial charge in [0, 0.05) is 12.3 Å². The molecule has 1 saturated heterocycles. The molecule has 0 atom stereocenters. The SMILES string of the molecule is COC(=O)C=CN1CC(=O)NC(=O)C1. The molecule has 2 amide bonds. The van der Waals surface area contributed by atoms with E-state index in [0.717, 1.165) is 6.08 Å². The molecule has 0 radical (unpaired) electrons. The number of nitrogens with one attached hydrogen (secondary N) is 1. The first-order valence-corrected chi connectivity index (χ1v) is 3.94. The smallest absolute Gasteiger partial charge is 0.331 e. The third-order valence-electron chi connectivity index (χ3n) is 1.59. The summed E-state index contributed by atoms with van der Waals surface area (Å²) in [5.74, 6) is -1.28. The van der Waals surface area contributed by atoms with E-state index in [1.54, 1.807) is 0 Å². The van der Waals surface area contributed by atoms with Crippen LogP contribution in [0.3, 0.4) is 0 Å². The van der Waals surface area contributed by atoms with E-state index < -0.39 is 5.97 Å². The lowest BCUT2D eigenvalue weighted by Crippen LogP contribution is -2.49. The number of ether oxygens (including phenoxy) is 1. The van der Waals surface area contributed by atoms with Gasteiger partial charge in [-0.25, -0.2) is 4.79 Å². The zero-order chi connectivity index (χ0) is 10.6. The lowest BCUT2D eigenvalue weighted by Gasteiger charge is -2.23. The van der Waals surface area contributed by atoms with Crippen LogP contribution in [0.25, 0.3) is 0 Å². The average Bonchev–Trinajstić information content (AvgIpc) is 2.12. The van der Waals surface area contributed by atoms with Crippen LogP contribution in [0, 0.1) is 0 Å². The molecule has 6 heteroatoms. The summed E-state index contributed by atoms with van der Waals surface area (Å²) in [5, 5.41) is 2.14. The molecule has 0 unspecified atom stereocenters. The Morgan fingerprint density at radius 2 is 2.00 bits per heavy atom. The van der Waals surface area contributed by atoms with Gasteiger partial charge in [-0.1, -0.05) is 0 Å². The van der Waals surface area contributed by atoms with E-state index in [1.807, 2.05) is 0 Å². The predicted octanol–water partition coefficient (Wildman–Crippen LogP) is -1.37. The Balaban J connectivity index is 2.52. The lowest BCUT2D eigenvalue weighted by atomic mass is 10.3. The van der Waals surface area contributed by atoms with Crippen molar-refractivity contribution in [1.82, 2.24) is 10.2 Å². The number of rotatable bonds is 2. The molecule has 0 aromatic carbocycles. The fourth-order valence-corrected chi connectivity index (χ4v) is 0.999. The molecular formula is C8H10N2O4. The van der Waals surface area contributed by atoms with Gasteiger partial charge < -0.3 is 9.64 Å². The molecule has 0 saturated carbocycles. The molecule has 1 aliphatic heterocycles. The molecule has 1 N–H and O–H groups in total. The Morgan fingerprint density at radius 3 is 2.50 bits per heavy atom. The number of hydrogen-bond acceptors (Lipinski definition) is 5. The highest BCUT2D eigenvalue weighted by molar-refractivity contribution is 5.99. The number of carbonyl (C=O) groups excluding carboxylic acids is 3. The molecular weight excluding hydrogens is 188 g/mol. The maximum Gasteiger partial charge on any atom is 0.331 e. The summed E-state index contributed by atoms with van der Waals surface area (Å²) in [4.78, 5) is 33.9. The van der Waals surface area contributed by atoms with Gasteiger partial charge in [-0.15, -0.1) is 0 Å².